The van der Waals surface area contributed by atoms with Gasteiger partial charge < -0.3 is 15.6 Å². The minimum absolute atomic E-state index is 0.446. The Morgan fingerprint density at radius 2 is 1.17 bits per heavy atom. The highest BCUT2D eigenvalue weighted by Crippen LogP contribution is 2.55. The van der Waals surface area contributed by atoms with Crippen LogP contribution in [0.5, 0.6) is 0 Å². The molecule has 0 fully saturated rings. The molecule has 35 heavy (non-hydrogen) atoms. The van der Waals surface area contributed by atoms with Crippen LogP contribution in [0, 0.1) is 0 Å². The van der Waals surface area contributed by atoms with Gasteiger partial charge in [-0.1, -0.05) is 54.6 Å². The number of hydrogen-bond donors (Lipinski definition) is 2. The quantitative estimate of drug-likeness (QED) is 0.265. The Kier molecular flexibility index (Phi) is 10.7. The van der Waals surface area contributed by atoms with Crippen molar-refractivity contribution in [3.63, 3.8) is 0 Å². The van der Waals surface area contributed by atoms with E-state index in [2.05, 4.69) is 96.5 Å². The highest BCUT2D eigenvalue weighted by atomic mass is 31.2. The Labute approximate surface area is 202 Å². The molecule has 2 amide bonds. The number of hydrogen-bond acceptors (Lipinski definition) is 4. The maximum Gasteiger partial charge on any atom is 0.430 e. The fraction of sp³-hybridized carbons (Fsp3) is 0.200. The van der Waals surface area contributed by atoms with Gasteiger partial charge in [0.25, 0.3) is 0 Å². The van der Waals surface area contributed by atoms with Crippen molar-refractivity contribution < 1.29 is 32.7 Å². The van der Waals surface area contributed by atoms with Gasteiger partial charge in [-0.3, -0.25) is 4.84 Å². The Morgan fingerprint density at radius 1 is 0.800 bits per heavy atom. The van der Waals surface area contributed by atoms with Crippen LogP contribution >= 0.6 is 7.26 Å². The lowest BCUT2D eigenvalue weighted by molar-refractivity contribution is -0.344. The summed E-state index contributed by atoms with van der Waals surface area (Å²) in [6.07, 6.45) is -2.34. The number of carboxylic acids is 1. The molecule has 0 aliphatic carbocycles. The number of carbonyl (C=O) groups is 2. The third-order valence-electron chi connectivity index (χ3n) is 4.99. The number of halogens is 3. The lowest BCUT2D eigenvalue weighted by atomic mass is 10.3. The summed E-state index contributed by atoms with van der Waals surface area (Å²) in [7, 11) is -1.79. The van der Waals surface area contributed by atoms with Gasteiger partial charge in [0, 0.05) is 0 Å². The highest BCUT2D eigenvalue weighted by molar-refractivity contribution is 7.95. The molecule has 0 aliphatic rings. The number of aliphatic carboxylic acids is 1. The second kappa shape index (κ2) is 13.5. The molecular weight excluding hydrogens is 480 g/mol. The Balaban J connectivity index is 0.000000540. The zero-order chi connectivity index (χ0) is 25.7. The van der Waals surface area contributed by atoms with Crippen molar-refractivity contribution in [3.05, 3.63) is 91.0 Å². The molecule has 186 valence electrons. The minimum atomic E-state index is -5.19. The van der Waals surface area contributed by atoms with Crippen LogP contribution in [0.2, 0.25) is 0 Å². The maximum absolute atomic E-state index is 10.7. The summed E-state index contributed by atoms with van der Waals surface area (Å²) in [6, 6.07) is 31.8. The Hall–Kier alpha value is -3.42. The van der Waals surface area contributed by atoms with Crippen molar-refractivity contribution in [2.75, 3.05) is 12.8 Å². The molecule has 0 spiro atoms. The van der Waals surface area contributed by atoms with Gasteiger partial charge in [0.2, 0.25) is 0 Å². The zero-order valence-electron chi connectivity index (χ0n) is 18.8. The first-order chi connectivity index (χ1) is 16.7. The highest BCUT2D eigenvalue weighted by Gasteiger charge is 2.44. The van der Waals surface area contributed by atoms with E-state index in [1.54, 1.807) is 0 Å². The molecule has 0 radical (unpaired) electrons. The summed E-state index contributed by atoms with van der Waals surface area (Å²) >= 11 is 0. The molecule has 0 aromatic heterocycles. The third kappa shape index (κ3) is 8.38. The number of urea groups is 1. The van der Waals surface area contributed by atoms with Crippen LogP contribution in [0.4, 0.5) is 18.0 Å². The van der Waals surface area contributed by atoms with E-state index in [1.165, 1.54) is 15.9 Å². The molecule has 3 aromatic carbocycles. The van der Waals surface area contributed by atoms with Gasteiger partial charge in [-0.2, -0.15) is 13.2 Å². The number of rotatable bonds is 9. The molecule has 0 unspecified atom stereocenters. The monoisotopic (exact) mass is 506 g/mol. The minimum Gasteiger partial charge on any atom is -0.542 e. The molecule has 0 atom stereocenters. The number of nitrogens with one attached hydrogen (secondary N) is 1. The SMILES string of the molecule is NC(=O)NOCCCC[P+](c1ccccc1)(c1ccccc1)c1ccccc1.O=C([O-])C(F)(F)F. The molecule has 0 saturated heterocycles. The predicted molar refractivity (Wildman–Crippen MR) is 129 cm³/mol. The van der Waals surface area contributed by atoms with E-state index in [0.717, 1.165) is 19.0 Å². The third-order valence-corrected chi connectivity index (χ3v) is 9.51. The number of nitrogens with two attached hydrogens (primary N) is 1. The molecule has 0 bridgehead atoms. The Morgan fingerprint density at radius 3 is 1.49 bits per heavy atom. The van der Waals surface area contributed by atoms with Crippen LogP contribution in [-0.2, 0) is 9.63 Å². The fourth-order valence-corrected chi connectivity index (χ4v) is 7.94. The van der Waals surface area contributed by atoms with Gasteiger partial charge in [-0.05, 0) is 49.2 Å². The van der Waals surface area contributed by atoms with Crippen LogP contribution in [0.25, 0.3) is 0 Å². The van der Waals surface area contributed by atoms with Gasteiger partial charge in [-0.15, -0.1) is 0 Å². The van der Waals surface area contributed by atoms with Crippen molar-refractivity contribution in [1.29, 1.82) is 0 Å². The summed E-state index contributed by atoms with van der Waals surface area (Å²) in [4.78, 5) is 24.6. The molecule has 0 aliphatic heterocycles. The lowest BCUT2D eigenvalue weighted by Crippen LogP contribution is -2.37. The van der Waals surface area contributed by atoms with Crippen LogP contribution in [0.15, 0.2) is 91.0 Å². The zero-order valence-corrected chi connectivity index (χ0v) is 19.7. The smallest absolute Gasteiger partial charge is 0.430 e. The second-order valence-electron chi connectivity index (χ2n) is 7.35. The van der Waals surface area contributed by atoms with Gasteiger partial charge in [0.15, 0.2) is 0 Å². The van der Waals surface area contributed by atoms with Gasteiger partial charge in [0.1, 0.15) is 29.1 Å². The lowest BCUT2D eigenvalue weighted by Gasteiger charge is -2.27. The molecule has 3 aromatic rings. The number of primary amides is 1. The summed E-state index contributed by atoms with van der Waals surface area (Å²) in [5.41, 5.74) is 7.22. The predicted octanol–water partition coefficient (Wildman–Crippen LogP) is 2.66. The summed E-state index contributed by atoms with van der Waals surface area (Å²) in [6.45, 7) is 0.446. The number of unbranched alkanes of at least 4 members (excludes halogenated alkanes) is 1. The van der Waals surface area contributed by atoms with E-state index >= 15 is 0 Å². The molecule has 6 nitrogen and oxygen atoms in total. The number of carboxylic acid groups (broad SMARTS) is 1. The first kappa shape index (κ1) is 27.8. The topological polar surface area (TPSA) is 104 Å². The average molecular weight is 506 g/mol. The van der Waals surface area contributed by atoms with E-state index in [0.29, 0.717) is 6.61 Å². The average Bonchev–Trinajstić information content (AvgIpc) is 2.85. The first-order valence-corrected chi connectivity index (χ1v) is 12.7. The largest absolute Gasteiger partial charge is 0.542 e. The normalized spacial score (nSPS) is 11.2. The van der Waals surface area contributed by atoms with E-state index < -0.39 is 25.4 Å². The maximum atomic E-state index is 10.7. The summed E-state index contributed by atoms with van der Waals surface area (Å²) in [5.74, 6) is -3.01. The van der Waals surface area contributed by atoms with E-state index in [-0.39, 0.29) is 0 Å². The number of hydroxylamine groups is 1. The van der Waals surface area contributed by atoms with Crippen molar-refractivity contribution >= 4 is 35.2 Å². The summed E-state index contributed by atoms with van der Waals surface area (Å²) < 4.78 is 31.5. The van der Waals surface area contributed by atoms with Crippen LogP contribution in [-0.4, -0.2) is 30.9 Å². The molecule has 10 heteroatoms. The van der Waals surface area contributed by atoms with Crippen LogP contribution in [0.3, 0.4) is 0 Å². The second-order valence-corrected chi connectivity index (χ2v) is 11.0. The molecule has 0 heterocycles. The van der Waals surface area contributed by atoms with E-state index in [4.69, 9.17) is 20.5 Å². The molecular formula is C25H26F3N2O4P. The molecule has 0 saturated carbocycles. The van der Waals surface area contributed by atoms with Gasteiger partial charge in [0.05, 0.1) is 12.8 Å². The van der Waals surface area contributed by atoms with Gasteiger partial charge in [-0.25, -0.2) is 10.3 Å². The fourth-order valence-electron chi connectivity index (χ4n) is 3.53. The van der Waals surface area contributed by atoms with Crippen LogP contribution in [0.1, 0.15) is 12.8 Å². The van der Waals surface area contributed by atoms with Crippen molar-refractivity contribution in [2.45, 2.75) is 19.0 Å². The van der Waals surface area contributed by atoms with E-state index in [1.807, 2.05) is 0 Å². The number of alkyl halides is 3. The number of carbonyl (C=O) groups excluding carboxylic acids is 2. The molecule has 3 N–H and O–H groups in total. The van der Waals surface area contributed by atoms with Crippen molar-refractivity contribution in [3.8, 4) is 0 Å². The Bertz CT molecular complexity index is 956. The van der Waals surface area contributed by atoms with Crippen molar-refractivity contribution in [2.24, 2.45) is 5.73 Å². The van der Waals surface area contributed by atoms with E-state index in [9.17, 15) is 18.0 Å². The number of benzene rings is 3. The van der Waals surface area contributed by atoms with Crippen LogP contribution < -0.4 is 32.2 Å². The summed E-state index contributed by atoms with van der Waals surface area (Å²) in [5, 5.41) is 12.9. The number of amides is 2. The standard InChI is InChI=1S/C23H25N2O2P.C2HF3O2/c24-23(26)25-27-18-10-11-19-28(20-12-4-1-5-13-20,21-14-6-2-7-15-21)22-16-8-3-9-17-22;3-2(4,5)1(6)7/h1-9,12-17H,10-11,18-19H2,(H2-,24,25,26);(H,6,7). The first-order valence-electron chi connectivity index (χ1n) is 10.7. The molecule has 3 rings (SSSR count). The van der Waals surface area contributed by atoms with Crippen molar-refractivity contribution in [1.82, 2.24) is 5.48 Å². The van der Waals surface area contributed by atoms with Gasteiger partial charge >= 0.3 is 12.2 Å².